The van der Waals surface area contributed by atoms with Crippen molar-refractivity contribution in [1.29, 1.82) is 0 Å². The van der Waals surface area contributed by atoms with Crippen LogP contribution in [0.15, 0.2) is 34.1 Å². The van der Waals surface area contributed by atoms with E-state index in [4.69, 9.17) is 9.52 Å². The van der Waals surface area contributed by atoms with Crippen LogP contribution in [0.2, 0.25) is 0 Å². The molecule has 0 radical (unpaired) electrons. The van der Waals surface area contributed by atoms with Crippen molar-refractivity contribution in [3.63, 3.8) is 0 Å². The second-order valence-corrected chi connectivity index (χ2v) is 7.15. The molecule has 1 amide bonds. The van der Waals surface area contributed by atoms with E-state index >= 15 is 0 Å². The highest BCUT2D eigenvalue weighted by Gasteiger charge is 2.26. The third-order valence-electron chi connectivity index (χ3n) is 4.47. The summed E-state index contributed by atoms with van der Waals surface area (Å²) in [6.45, 7) is 0. The molecule has 1 aliphatic rings. The number of carbonyl (C=O) groups excluding carboxylic acids is 1. The minimum Gasteiger partial charge on any atom is -0.481 e. The Morgan fingerprint density at radius 3 is 2.67 bits per heavy atom. The Kier molecular flexibility index (Phi) is 5.35. The number of carboxylic acids is 1. The molecular weight excluding hydrogens is 326 g/mol. The van der Waals surface area contributed by atoms with E-state index in [9.17, 15) is 9.59 Å². The Labute approximate surface area is 144 Å². The predicted molar refractivity (Wildman–Crippen MR) is 91.9 cm³/mol. The Bertz CT molecular complexity index is 684. The first kappa shape index (κ1) is 16.8. The third kappa shape index (κ3) is 4.26. The van der Waals surface area contributed by atoms with Crippen LogP contribution in [0, 0.1) is 5.92 Å². The van der Waals surface area contributed by atoms with Crippen molar-refractivity contribution in [2.45, 2.75) is 44.6 Å². The minimum absolute atomic E-state index is 0.00264. The van der Waals surface area contributed by atoms with E-state index in [1.165, 1.54) is 0 Å². The van der Waals surface area contributed by atoms with Crippen molar-refractivity contribution >= 4 is 23.2 Å². The van der Waals surface area contributed by atoms with E-state index in [1.54, 1.807) is 11.3 Å². The van der Waals surface area contributed by atoms with Crippen LogP contribution in [0.4, 0.5) is 0 Å². The van der Waals surface area contributed by atoms with Gasteiger partial charge in [-0.3, -0.25) is 9.59 Å². The Morgan fingerprint density at radius 2 is 2.00 bits per heavy atom. The molecule has 128 valence electrons. The van der Waals surface area contributed by atoms with Crippen LogP contribution in [0.3, 0.4) is 0 Å². The fourth-order valence-corrected chi connectivity index (χ4v) is 3.77. The van der Waals surface area contributed by atoms with Gasteiger partial charge in [-0.2, -0.15) is 0 Å². The molecule has 1 fully saturated rings. The zero-order valence-electron chi connectivity index (χ0n) is 13.4. The van der Waals surface area contributed by atoms with Crippen LogP contribution in [0.25, 0.3) is 10.6 Å². The molecule has 0 unspecified atom stereocenters. The number of aliphatic carboxylic acids is 1. The van der Waals surface area contributed by atoms with Gasteiger partial charge in [-0.25, -0.2) is 0 Å². The maximum absolute atomic E-state index is 12.1. The summed E-state index contributed by atoms with van der Waals surface area (Å²) in [7, 11) is 0. The van der Waals surface area contributed by atoms with Gasteiger partial charge in [0, 0.05) is 18.9 Å². The van der Waals surface area contributed by atoms with Gasteiger partial charge in [-0.1, -0.05) is 6.07 Å². The number of carbonyl (C=O) groups is 2. The molecule has 1 saturated carbocycles. The lowest BCUT2D eigenvalue weighted by Crippen LogP contribution is -2.38. The van der Waals surface area contributed by atoms with Gasteiger partial charge in [0.15, 0.2) is 0 Å². The molecule has 2 heterocycles. The summed E-state index contributed by atoms with van der Waals surface area (Å²) in [6, 6.07) is 7.95. The summed E-state index contributed by atoms with van der Waals surface area (Å²) in [6.07, 6.45) is 3.72. The zero-order valence-corrected chi connectivity index (χ0v) is 14.2. The van der Waals surface area contributed by atoms with E-state index in [-0.39, 0.29) is 17.9 Å². The van der Waals surface area contributed by atoms with Gasteiger partial charge in [0.1, 0.15) is 11.5 Å². The summed E-state index contributed by atoms with van der Waals surface area (Å²) in [4.78, 5) is 24.1. The number of hydrogen-bond donors (Lipinski definition) is 2. The molecule has 0 atom stereocenters. The summed E-state index contributed by atoms with van der Waals surface area (Å²) >= 11 is 1.62. The van der Waals surface area contributed by atoms with Gasteiger partial charge in [0.2, 0.25) is 5.91 Å². The summed E-state index contributed by atoms with van der Waals surface area (Å²) < 4.78 is 5.77. The Hall–Kier alpha value is -2.08. The first-order valence-electron chi connectivity index (χ1n) is 8.26. The number of amides is 1. The number of rotatable bonds is 6. The van der Waals surface area contributed by atoms with E-state index in [2.05, 4.69) is 5.32 Å². The molecule has 2 aromatic rings. The Morgan fingerprint density at radius 1 is 1.21 bits per heavy atom. The fraction of sp³-hybridized carbons (Fsp3) is 0.444. The number of hydrogen-bond acceptors (Lipinski definition) is 4. The lowest BCUT2D eigenvalue weighted by Gasteiger charge is -2.26. The number of furan rings is 1. The molecule has 24 heavy (non-hydrogen) atoms. The number of carboxylic acid groups (broad SMARTS) is 1. The van der Waals surface area contributed by atoms with Gasteiger partial charge in [0.05, 0.1) is 10.8 Å². The van der Waals surface area contributed by atoms with E-state index in [0.29, 0.717) is 25.7 Å². The summed E-state index contributed by atoms with van der Waals surface area (Å²) in [5.41, 5.74) is 0. The lowest BCUT2D eigenvalue weighted by atomic mass is 9.86. The van der Waals surface area contributed by atoms with Gasteiger partial charge >= 0.3 is 5.97 Å². The minimum atomic E-state index is -0.723. The van der Waals surface area contributed by atoms with Gasteiger partial charge in [-0.05, 0) is 49.3 Å². The average molecular weight is 347 g/mol. The second-order valence-electron chi connectivity index (χ2n) is 6.20. The van der Waals surface area contributed by atoms with E-state index in [0.717, 1.165) is 29.2 Å². The quantitative estimate of drug-likeness (QED) is 0.835. The highest BCUT2D eigenvalue weighted by molar-refractivity contribution is 7.13. The van der Waals surface area contributed by atoms with Crippen LogP contribution in [0.5, 0.6) is 0 Å². The summed E-state index contributed by atoms with van der Waals surface area (Å²) in [5.74, 6) is 0.675. The molecule has 2 aromatic heterocycles. The van der Waals surface area contributed by atoms with Gasteiger partial charge < -0.3 is 14.8 Å². The molecule has 0 bridgehead atoms. The van der Waals surface area contributed by atoms with Crippen molar-refractivity contribution in [2.75, 3.05) is 0 Å². The summed E-state index contributed by atoms with van der Waals surface area (Å²) in [5, 5.41) is 14.0. The molecule has 3 rings (SSSR count). The SMILES string of the molecule is O=C(CCc1ccc(-c2cccs2)o1)NC1CCC(C(=O)O)CC1. The first-order chi connectivity index (χ1) is 11.6. The van der Waals surface area contributed by atoms with Crippen LogP contribution in [0.1, 0.15) is 37.9 Å². The average Bonchev–Trinajstić information content (AvgIpc) is 3.25. The highest BCUT2D eigenvalue weighted by Crippen LogP contribution is 2.27. The molecule has 0 aliphatic heterocycles. The monoisotopic (exact) mass is 347 g/mol. The fourth-order valence-electron chi connectivity index (χ4n) is 3.08. The molecule has 6 heteroatoms. The highest BCUT2D eigenvalue weighted by atomic mass is 32.1. The van der Waals surface area contributed by atoms with E-state index < -0.39 is 5.97 Å². The predicted octanol–water partition coefficient (Wildman–Crippen LogP) is 3.70. The first-order valence-corrected chi connectivity index (χ1v) is 9.14. The van der Waals surface area contributed by atoms with Crippen molar-refractivity contribution in [3.05, 3.63) is 35.4 Å². The van der Waals surface area contributed by atoms with E-state index in [1.807, 2.05) is 29.6 Å². The number of aryl methyl sites for hydroxylation is 1. The molecule has 0 saturated heterocycles. The van der Waals surface area contributed by atoms with Crippen molar-refractivity contribution in [2.24, 2.45) is 5.92 Å². The van der Waals surface area contributed by atoms with Crippen molar-refractivity contribution in [1.82, 2.24) is 5.32 Å². The smallest absolute Gasteiger partial charge is 0.306 e. The largest absolute Gasteiger partial charge is 0.481 e. The maximum Gasteiger partial charge on any atom is 0.306 e. The van der Waals surface area contributed by atoms with Crippen LogP contribution >= 0.6 is 11.3 Å². The standard InChI is InChI=1S/C18H21NO4S/c20-17(19-13-5-3-12(4-6-13)18(21)22)10-8-14-7-9-15(23-14)16-2-1-11-24-16/h1-2,7,9,11-13H,3-6,8,10H2,(H,19,20)(H,21,22). The number of nitrogens with one attached hydrogen (secondary N) is 1. The molecule has 0 aromatic carbocycles. The van der Waals surface area contributed by atoms with Crippen molar-refractivity contribution in [3.8, 4) is 10.6 Å². The molecule has 0 spiro atoms. The molecule has 2 N–H and O–H groups in total. The second kappa shape index (κ2) is 7.66. The number of thiophene rings is 1. The maximum atomic E-state index is 12.1. The van der Waals surface area contributed by atoms with Crippen molar-refractivity contribution < 1.29 is 19.1 Å². The lowest BCUT2D eigenvalue weighted by molar-refractivity contribution is -0.142. The third-order valence-corrected chi connectivity index (χ3v) is 5.35. The zero-order chi connectivity index (χ0) is 16.9. The topological polar surface area (TPSA) is 79.5 Å². The molecular formula is C18H21NO4S. The normalized spacial score (nSPS) is 20.7. The molecule has 5 nitrogen and oxygen atoms in total. The van der Waals surface area contributed by atoms with Crippen LogP contribution in [-0.4, -0.2) is 23.0 Å². The van der Waals surface area contributed by atoms with Crippen LogP contribution in [-0.2, 0) is 16.0 Å². The van der Waals surface area contributed by atoms with Gasteiger partial charge in [-0.15, -0.1) is 11.3 Å². The van der Waals surface area contributed by atoms with Gasteiger partial charge in [0.25, 0.3) is 0 Å². The van der Waals surface area contributed by atoms with Crippen LogP contribution < -0.4 is 5.32 Å². The Balaban J connectivity index is 1.42. The molecule has 1 aliphatic carbocycles.